The van der Waals surface area contributed by atoms with E-state index in [9.17, 15) is 0 Å². The zero-order valence-electron chi connectivity index (χ0n) is 34.3. The van der Waals surface area contributed by atoms with Gasteiger partial charge < -0.3 is 0 Å². The minimum absolute atomic E-state index is 0. The molecule has 0 unspecified atom stereocenters. The summed E-state index contributed by atoms with van der Waals surface area (Å²) in [4.78, 5) is 0. The summed E-state index contributed by atoms with van der Waals surface area (Å²) in [5, 5.41) is 13.4. The van der Waals surface area contributed by atoms with E-state index in [2.05, 4.69) is 277 Å². The Balaban J connectivity index is 0.000000141. The van der Waals surface area contributed by atoms with Crippen LogP contribution in [0.1, 0.15) is 11.1 Å². The Bertz CT molecular complexity index is 2780. The van der Waals surface area contributed by atoms with E-state index in [-0.39, 0.29) is 37.4 Å². The number of hydrogen-bond donors (Lipinski definition) is 0. The molecule has 0 aliphatic heterocycles. The first-order valence-electron chi connectivity index (χ1n) is 20.5. The van der Waals surface area contributed by atoms with Gasteiger partial charge in [-0.3, -0.25) is 0 Å². The van der Waals surface area contributed by atoms with Crippen LogP contribution < -0.4 is 42.3 Å². The van der Waals surface area contributed by atoms with Crippen molar-refractivity contribution >= 4 is 108 Å². The molecule has 0 nitrogen and oxygen atoms in total. The minimum atomic E-state index is -0.877. The van der Waals surface area contributed by atoms with Gasteiger partial charge in [0.2, 0.25) is 0 Å². The Kier molecular flexibility index (Phi) is 16.5. The summed E-state index contributed by atoms with van der Waals surface area (Å²) >= 11 is 3.80. The number of allylic oxidation sites excluding steroid dienone is 2. The molecule has 1 radical (unpaired) electrons. The number of fused-ring (bicyclic) bond motifs is 4. The predicted octanol–water partition coefficient (Wildman–Crippen LogP) is 11.5. The molecule has 0 heterocycles. The minimum Gasteiger partial charge on any atom is -0.114 e. The molecule has 0 saturated carbocycles. The zero-order chi connectivity index (χ0) is 41.2. The molecule has 11 rings (SSSR count). The van der Waals surface area contributed by atoms with Crippen molar-refractivity contribution in [1.82, 2.24) is 0 Å². The molecule has 5 heteroatoms. The van der Waals surface area contributed by atoms with Gasteiger partial charge in [-0.1, -0.05) is 188 Å². The molecule has 0 saturated heterocycles. The van der Waals surface area contributed by atoms with Crippen LogP contribution in [0.15, 0.2) is 254 Å². The second-order valence-corrected chi connectivity index (χ2v) is 20.2. The Labute approximate surface area is 406 Å². The third-order valence-electron chi connectivity index (χ3n) is 10.7. The topological polar surface area (TPSA) is 0 Å². The zero-order valence-corrected chi connectivity index (χ0v) is 41.0. The van der Waals surface area contributed by atoms with Crippen LogP contribution in [0.2, 0.25) is 0 Å². The fourth-order valence-electron chi connectivity index (χ4n) is 7.84. The van der Waals surface area contributed by atoms with Crippen LogP contribution in [-0.4, -0.2) is 0 Å². The van der Waals surface area contributed by atoms with E-state index in [1.54, 1.807) is 0 Å². The first kappa shape index (κ1) is 46.0. The van der Waals surface area contributed by atoms with Crippen LogP contribution in [0.25, 0.3) is 27.1 Å². The van der Waals surface area contributed by atoms with Crippen molar-refractivity contribution in [3.8, 4) is 0 Å². The number of rotatable bonds is 6. The summed E-state index contributed by atoms with van der Waals surface area (Å²) in [6, 6.07) is 86.3. The van der Waals surface area contributed by atoms with E-state index in [0.29, 0.717) is 0 Å². The van der Waals surface area contributed by atoms with Gasteiger partial charge in [0.05, 0.1) is 7.92 Å². The maximum Gasteiger partial charge on any atom is 0.102 e. The van der Waals surface area contributed by atoms with Crippen LogP contribution in [0.5, 0.6) is 0 Å². The van der Waals surface area contributed by atoms with Gasteiger partial charge >= 0.3 is 0 Å². The quantitative estimate of drug-likeness (QED) is 0.115. The molecular formula is C58H44Br2P2Pd+. The second-order valence-electron chi connectivity index (χ2n) is 14.7. The maximum atomic E-state index is 3.80. The Hall–Kier alpha value is -5.02. The first-order chi connectivity index (χ1) is 30.2. The van der Waals surface area contributed by atoms with Crippen molar-refractivity contribution in [3.63, 3.8) is 0 Å². The van der Waals surface area contributed by atoms with Crippen molar-refractivity contribution in [1.29, 1.82) is 0 Å². The fourth-order valence-corrected chi connectivity index (χ4v) is 13.4. The van der Waals surface area contributed by atoms with Crippen LogP contribution in [0, 0.1) is 6.42 Å². The summed E-state index contributed by atoms with van der Waals surface area (Å²) in [6.45, 7) is 0. The van der Waals surface area contributed by atoms with Gasteiger partial charge in [-0.05, 0) is 122 Å². The van der Waals surface area contributed by atoms with E-state index < -0.39 is 15.8 Å². The van der Waals surface area contributed by atoms with Gasteiger partial charge in [0.1, 0.15) is 15.9 Å². The third kappa shape index (κ3) is 11.0. The average Bonchev–Trinajstić information content (AvgIpc) is 3.33. The molecule has 63 heavy (non-hydrogen) atoms. The summed E-state index contributed by atoms with van der Waals surface area (Å²) in [5.74, 6) is 0. The molecule has 0 amide bonds. The molecule has 309 valence electrons. The van der Waals surface area contributed by atoms with Crippen molar-refractivity contribution in [2.24, 2.45) is 0 Å². The van der Waals surface area contributed by atoms with Crippen molar-refractivity contribution < 1.29 is 20.4 Å². The summed E-state index contributed by atoms with van der Waals surface area (Å²) < 4.78 is 1.15. The van der Waals surface area contributed by atoms with Crippen LogP contribution in [-0.2, 0) is 20.4 Å². The number of hydrogen-bond acceptors (Lipinski definition) is 0. The largest absolute Gasteiger partial charge is 0.114 e. The van der Waals surface area contributed by atoms with Crippen LogP contribution in [0.3, 0.4) is 0 Å². The Morgan fingerprint density at radius 3 is 1.22 bits per heavy atom. The van der Waals surface area contributed by atoms with Gasteiger partial charge in [0.25, 0.3) is 0 Å². The molecule has 0 aromatic heterocycles. The van der Waals surface area contributed by atoms with E-state index in [0.717, 1.165) is 15.3 Å². The molecule has 9 aromatic rings. The molecule has 2 aliphatic carbocycles. The van der Waals surface area contributed by atoms with Gasteiger partial charge in [0.15, 0.2) is 0 Å². The normalized spacial score (nSPS) is 11.9. The Morgan fingerprint density at radius 2 is 0.778 bits per heavy atom. The summed E-state index contributed by atoms with van der Waals surface area (Å²) in [7, 11) is -1.32. The SMILES string of the molecule is Br.BrC1=c2ccccc2=C=C2[CH]c3cc4ccccc4cc3C=C21.[Pd].c1ccc(P(c2ccccc2)c2ccccc2)cc1.c1ccc([PH+](c2ccccc2)c2ccccc2)cc1. The molecule has 0 bridgehead atoms. The van der Waals surface area contributed by atoms with E-state index >= 15 is 0 Å². The molecular weight excluding hydrogens is 1020 g/mol. The monoisotopic (exact) mass is 1070 g/mol. The third-order valence-corrected chi connectivity index (χ3v) is 16.8. The van der Waals surface area contributed by atoms with Crippen LogP contribution >= 0.6 is 48.8 Å². The number of halogens is 2. The molecule has 2 aliphatic rings. The van der Waals surface area contributed by atoms with Gasteiger partial charge in [-0.25, -0.2) is 0 Å². The van der Waals surface area contributed by atoms with Crippen molar-refractivity contribution in [2.75, 3.05) is 0 Å². The summed E-state index contributed by atoms with van der Waals surface area (Å²) in [5.41, 5.74) is 8.45. The standard InChI is InChI=1S/C22H12Br.2C18H15P.BrH.Pd/c23-22-20-8-4-3-7-16(20)11-19-12-17-9-14-5-1-2-6-15(14)10-18(17)13-21(19)22;2*1-4-10-16(11-5-1)19(17-12-6-2-7-13-17)18-14-8-3-9-15-18;;/h1-10,12-13H;2*1-15H;1H;/p+1. The van der Waals surface area contributed by atoms with Gasteiger partial charge in [-0.15, -0.1) is 22.7 Å². The smallest absolute Gasteiger partial charge is 0.102 e. The molecule has 0 fully saturated rings. The average molecular weight is 1070 g/mol. The van der Waals surface area contributed by atoms with E-state index in [1.165, 1.54) is 64.5 Å². The maximum absolute atomic E-state index is 3.80. The number of benzene rings is 9. The second kappa shape index (κ2) is 22.6. The van der Waals surface area contributed by atoms with E-state index in [1.807, 2.05) is 0 Å². The molecule has 0 spiro atoms. The van der Waals surface area contributed by atoms with Crippen molar-refractivity contribution in [2.45, 2.75) is 0 Å². The summed E-state index contributed by atoms with van der Waals surface area (Å²) in [6.07, 6.45) is 4.51. The van der Waals surface area contributed by atoms with Crippen molar-refractivity contribution in [3.05, 3.63) is 282 Å². The molecule has 0 N–H and O–H groups in total. The fraction of sp³-hybridized carbons (Fsp3) is 0. The van der Waals surface area contributed by atoms with E-state index in [4.69, 9.17) is 0 Å². The first-order valence-corrected chi connectivity index (χ1v) is 24.2. The van der Waals surface area contributed by atoms with Gasteiger partial charge in [0, 0.05) is 52.9 Å². The van der Waals surface area contributed by atoms with Gasteiger partial charge in [-0.2, -0.15) is 0 Å². The van der Waals surface area contributed by atoms with Crippen LogP contribution in [0.4, 0.5) is 0 Å². The molecule has 0 atom stereocenters. The Morgan fingerprint density at radius 1 is 0.413 bits per heavy atom. The predicted molar refractivity (Wildman–Crippen MR) is 282 cm³/mol. The molecule has 9 aromatic carbocycles.